The number of guanidine groups is 1. The molecule has 31 heavy (non-hydrogen) atoms. The molecule has 0 spiro atoms. The van der Waals surface area contributed by atoms with Gasteiger partial charge in [0.15, 0.2) is 17.5 Å². The molecule has 2 aliphatic carbocycles. The summed E-state index contributed by atoms with van der Waals surface area (Å²) >= 11 is 0. The number of nitrogens with one attached hydrogen (secondary N) is 2. The van der Waals surface area contributed by atoms with Gasteiger partial charge in [-0.15, -0.1) is 24.0 Å². The fraction of sp³-hybridized carbons (Fsp3) is 0.708. The number of halogens is 1. The number of benzene rings is 1. The van der Waals surface area contributed by atoms with E-state index in [2.05, 4.69) is 37.5 Å². The van der Waals surface area contributed by atoms with Gasteiger partial charge in [-0.05, 0) is 45.1 Å². The Kier molecular flexibility index (Phi) is 8.35. The zero-order valence-corrected chi connectivity index (χ0v) is 21.6. The van der Waals surface area contributed by atoms with E-state index >= 15 is 0 Å². The quantitative estimate of drug-likeness (QED) is 0.301. The molecule has 3 unspecified atom stereocenters. The average molecular weight is 543 g/mol. The number of nitrogens with zero attached hydrogens (tertiary/aromatic N) is 1. The molecule has 174 valence electrons. The standard InChI is InChI=1S/C24H37N3O3.HI/c1-5-25-23(27-21-18-13-14-29-22(18)24(21,2)3)26-15-16-9-8-12-19(28-4)20(16)30-17-10-6-7-11-17;/h8-9,12,17-18,21-22H,5-7,10-11,13-15H2,1-4H3,(H2,25,26,27);1H. The third-order valence-corrected chi connectivity index (χ3v) is 7.01. The Morgan fingerprint density at radius 2 is 2.00 bits per heavy atom. The molecule has 0 bridgehead atoms. The third-order valence-electron chi connectivity index (χ3n) is 7.01. The number of ether oxygens (including phenoxy) is 3. The van der Waals surface area contributed by atoms with Crippen LogP contribution in [0.2, 0.25) is 0 Å². The number of aliphatic imine (C=N–C) groups is 1. The summed E-state index contributed by atoms with van der Waals surface area (Å²) < 4.78 is 17.9. The van der Waals surface area contributed by atoms with Crippen LogP contribution in [0.15, 0.2) is 23.2 Å². The van der Waals surface area contributed by atoms with Crippen molar-refractivity contribution in [3.05, 3.63) is 23.8 Å². The molecule has 3 atom stereocenters. The van der Waals surface area contributed by atoms with E-state index in [1.807, 2.05) is 12.1 Å². The Labute approximate surface area is 203 Å². The van der Waals surface area contributed by atoms with Crippen LogP contribution < -0.4 is 20.1 Å². The summed E-state index contributed by atoms with van der Waals surface area (Å²) in [4.78, 5) is 4.91. The Balaban J connectivity index is 0.00000272. The molecule has 3 fully saturated rings. The van der Waals surface area contributed by atoms with Crippen LogP contribution in [0.3, 0.4) is 0 Å². The van der Waals surface area contributed by atoms with Gasteiger partial charge in [0, 0.05) is 36.1 Å². The summed E-state index contributed by atoms with van der Waals surface area (Å²) in [6.07, 6.45) is 6.49. The van der Waals surface area contributed by atoms with E-state index in [4.69, 9.17) is 19.2 Å². The number of hydrogen-bond acceptors (Lipinski definition) is 4. The van der Waals surface area contributed by atoms with Crippen LogP contribution >= 0.6 is 24.0 Å². The van der Waals surface area contributed by atoms with Gasteiger partial charge in [-0.1, -0.05) is 26.0 Å². The van der Waals surface area contributed by atoms with Gasteiger partial charge in [-0.3, -0.25) is 0 Å². The third kappa shape index (κ3) is 5.07. The van der Waals surface area contributed by atoms with Crippen molar-refractivity contribution in [2.45, 2.75) is 77.7 Å². The molecule has 2 N–H and O–H groups in total. The molecular weight excluding hydrogens is 505 g/mol. The summed E-state index contributed by atoms with van der Waals surface area (Å²) in [5.41, 5.74) is 1.18. The summed E-state index contributed by atoms with van der Waals surface area (Å²) in [7, 11) is 1.70. The van der Waals surface area contributed by atoms with Crippen LogP contribution in [-0.2, 0) is 11.3 Å². The molecule has 1 heterocycles. The molecule has 7 heteroatoms. The lowest BCUT2D eigenvalue weighted by molar-refractivity contribution is -0.106. The van der Waals surface area contributed by atoms with Gasteiger partial charge in [0.05, 0.1) is 25.9 Å². The zero-order valence-electron chi connectivity index (χ0n) is 19.3. The Hall–Kier alpha value is -1.22. The summed E-state index contributed by atoms with van der Waals surface area (Å²) in [5.74, 6) is 3.07. The highest BCUT2D eigenvalue weighted by Gasteiger charge is 2.59. The van der Waals surface area contributed by atoms with E-state index in [1.165, 1.54) is 12.8 Å². The number of para-hydroxylation sites is 1. The average Bonchev–Trinajstić information content (AvgIpc) is 3.41. The highest BCUT2D eigenvalue weighted by Crippen LogP contribution is 2.52. The normalized spacial score (nSPS) is 27.1. The molecule has 1 aliphatic heterocycles. The number of hydrogen-bond donors (Lipinski definition) is 2. The highest BCUT2D eigenvalue weighted by atomic mass is 127. The summed E-state index contributed by atoms with van der Waals surface area (Å²) in [6.45, 7) is 8.92. The van der Waals surface area contributed by atoms with Crippen molar-refractivity contribution in [1.29, 1.82) is 0 Å². The molecule has 1 aromatic rings. The lowest BCUT2D eigenvalue weighted by Gasteiger charge is -2.54. The smallest absolute Gasteiger partial charge is 0.191 e. The largest absolute Gasteiger partial charge is 0.493 e. The van der Waals surface area contributed by atoms with Gasteiger partial charge in [0.1, 0.15) is 0 Å². The Morgan fingerprint density at radius 1 is 1.23 bits per heavy atom. The predicted octanol–water partition coefficient (Wildman–Crippen LogP) is 4.50. The van der Waals surface area contributed by atoms with Crippen molar-refractivity contribution in [2.75, 3.05) is 20.3 Å². The molecule has 6 nitrogen and oxygen atoms in total. The van der Waals surface area contributed by atoms with Crippen molar-refractivity contribution in [3.63, 3.8) is 0 Å². The Bertz CT molecular complexity index is 764. The first-order chi connectivity index (χ1) is 14.5. The molecular formula is C24H38IN3O3. The Morgan fingerprint density at radius 3 is 2.71 bits per heavy atom. The van der Waals surface area contributed by atoms with Gasteiger partial charge in [-0.2, -0.15) is 0 Å². The first-order valence-corrected chi connectivity index (χ1v) is 11.5. The SMILES string of the molecule is CCNC(=NCc1cccc(OC)c1OC1CCCC1)NC1C2CCOC2C1(C)C.I. The molecule has 1 aromatic carbocycles. The fourth-order valence-corrected chi connectivity index (χ4v) is 5.40. The lowest BCUT2D eigenvalue weighted by Crippen LogP contribution is -2.67. The van der Waals surface area contributed by atoms with Gasteiger partial charge in [-0.25, -0.2) is 4.99 Å². The van der Waals surface area contributed by atoms with Crippen LogP contribution in [0, 0.1) is 11.3 Å². The molecule has 2 saturated carbocycles. The molecule has 0 amide bonds. The van der Waals surface area contributed by atoms with Crippen LogP contribution in [-0.4, -0.2) is 44.5 Å². The number of rotatable bonds is 7. The van der Waals surface area contributed by atoms with Crippen LogP contribution in [0.1, 0.15) is 58.4 Å². The molecule has 1 saturated heterocycles. The topological polar surface area (TPSA) is 64.1 Å². The molecule has 0 aromatic heterocycles. The van der Waals surface area contributed by atoms with E-state index in [1.54, 1.807) is 7.11 Å². The van der Waals surface area contributed by atoms with E-state index < -0.39 is 0 Å². The van der Waals surface area contributed by atoms with Crippen molar-refractivity contribution >= 4 is 29.9 Å². The first kappa shape index (κ1) is 24.4. The minimum absolute atomic E-state index is 0. The number of methoxy groups -OCH3 is 1. The predicted molar refractivity (Wildman–Crippen MR) is 135 cm³/mol. The second-order valence-corrected chi connectivity index (χ2v) is 9.36. The van der Waals surface area contributed by atoms with Crippen LogP contribution in [0.5, 0.6) is 11.5 Å². The molecule has 0 radical (unpaired) electrons. The fourth-order valence-electron chi connectivity index (χ4n) is 5.40. The van der Waals surface area contributed by atoms with E-state index in [0.29, 0.717) is 24.6 Å². The van der Waals surface area contributed by atoms with E-state index in [9.17, 15) is 0 Å². The van der Waals surface area contributed by atoms with Crippen LogP contribution in [0.4, 0.5) is 0 Å². The van der Waals surface area contributed by atoms with Gasteiger partial charge in [0.25, 0.3) is 0 Å². The first-order valence-electron chi connectivity index (χ1n) is 11.5. The maximum Gasteiger partial charge on any atom is 0.191 e. The van der Waals surface area contributed by atoms with Gasteiger partial charge >= 0.3 is 0 Å². The molecule has 3 aliphatic rings. The zero-order chi connectivity index (χ0) is 21.1. The minimum Gasteiger partial charge on any atom is -0.493 e. The highest BCUT2D eigenvalue weighted by molar-refractivity contribution is 14.0. The van der Waals surface area contributed by atoms with Crippen molar-refractivity contribution in [3.8, 4) is 11.5 Å². The van der Waals surface area contributed by atoms with E-state index in [0.717, 1.165) is 55.4 Å². The van der Waals surface area contributed by atoms with Crippen molar-refractivity contribution in [2.24, 2.45) is 16.3 Å². The monoisotopic (exact) mass is 543 g/mol. The maximum atomic E-state index is 6.37. The van der Waals surface area contributed by atoms with Crippen LogP contribution in [0.25, 0.3) is 0 Å². The lowest BCUT2D eigenvalue weighted by atomic mass is 9.57. The van der Waals surface area contributed by atoms with Crippen molar-refractivity contribution in [1.82, 2.24) is 10.6 Å². The van der Waals surface area contributed by atoms with Gasteiger partial charge < -0.3 is 24.8 Å². The second-order valence-electron chi connectivity index (χ2n) is 9.36. The maximum absolute atomic E-state index is 6.37. The van der Waals surface area contributed by atoms with Gasteiger partial charge in [0.2, 0.25) is 0 Å². The summed E-state index contributed by atoms with van der Waals surface area (Å²) in [6, 6.07) is 6.45. The second kappa shape index (κ2) is 10.6. The van der Waals surface area contributed by atoms with Crippen molar-refractivity contribution < 1.29 is 14.2 Å². The number of fused-ring (bicyclic) bond motifs is 1. The summed E-state index contributed by atoms with van der Waals surface area (Å²) in [5, 5.41) is 7.11. The minimum atomic E-state index is 0. The van der Waals surface area contributed by atoms with E-state index in [-0.39, 0.29) is 35.5 Å². The molecule has 4 rings (SSSR count).